The molecule has 4 rings (SSSR count). The molecule has 0 saturated heterocycles. The number of esters is 1. The van der Waals surface area contributed by atoms with Crippen molar-refractivity contribution in [1.82, 2.24) is 0 Å². The number of hydrogen-bond acceptors (Lipinski definition) is 8. The van der Waals surface area contributed by atoms with Crippen LogP contribution in [0.25, 0.3) is 0 Å². The first-order valence-corrected chi connectivity index (χ1v) is 14.4. The number of Topliss-reactive ketones (excluding diaryl/α,β-unsaturated/α-hetero) is 2. The van der Waals surface area contributed by atoms with Crippen molar-refractivity contribution in [3.05, 3.63) is 23.8 Å². The Kier molecular flexibility index (Phi) is 7.06. The number of ether oxygens (including phenoxy) is 1. The molecule has 8 nitrogen and oxygen atoms in total. The second-order valence-electron chi connectivity index (χ2n) is 14.8. The third kappa shape index (κ3) is 4.11. The van der Waals surface area contributed by atoms with E-state index in [1.807, 2.05) is 27.7 Å². The Balaban J connectivity index is 1.75. The average molecular weight is 559 g/mol. The van der Waals surface area contributed by atoms with Gasteiger partial charge in [-0.05, 0) is 88.7 Å². The minimum atomic E-state index is -1.99. The van der Waals surface area contributed by atoms with Gasteiger partial charge in [-0.25, -0.2) is 0 Å². The number of hydrogen-bond donors (Lipinski definition) is 3. The molecule has 0 spiro atoms. The Hall–Kier alpha value is -2.16. The number of carbonyl (C=O) groups is 4. The summed E-state index contributed by atoms with van der Waals surface area (Å²) in [6, 6.07) is 0. The lowest BCUT2D eigenvalue weighted by atomic mass is 9.38. The molecule has 0 amide bonds. The second-order valence-corrected chi connectivity index (χ2v) is 14.8. The molecule has 0 aromatic heterocycles. The Morgan fingerprint density at radius 3 is 2.23 bits per heavy atom. The zero-order chi connectivity index (χ0) is 30.4. The fourth-order valence-corrected chi connectivity index (χ4v) is 9.40. The second kappa shape index (κ2) is 9.17. The lowest BCUT2D eigenvalue weighted by Crippen LogP contribution is -2.65. The lowest BCUT2D eigenvalue weighted by molar-refractivity contribution is -0.183. The van der Waals surface area contributed by atoms with Crippen LogP contribution in [-0.4, -0.2) is 62.0 Å². The molecule has 0 radical (unpaired) electrons. The molecule has 0 aromatic carbocycles. The molecule has 0 aliphatic heterocycles. The molecule has 0 heterocycles. The van der Waals surface area contributed by atoms with E-state index in [-0.39, 0.29) is 36.2 Å². The van der Waals surface area contributed by atoms with E-state index in [1.165, 1.54) is 26.0 Å². The first-order chi connectivity index (χ1) is 18.1. The van der Waals surface area contributed by atoms with Gasteiger partial charge >= 0.3 is 5.97 Å². The van der Waals surface area contributed by atoms with Crippen LogP contribution in [0.2, 0.25) is 0 Å². The Morgan fingerprint density at radius 1 is 1.05 bits per heavy atom. The molecule has 0 unspecified atom stereocenters. The summed E-state index contributed by atoms with van der Waals surface area (Å²) in [6.07, 6.45) is 3.55. The van der Waals surface area contributed by atoms with Crippen molar-refractivity contribution in [2.24, 2.45) is 39.4 Å². The SMILES string of the molecule is CC(=O)OC(C)(C)/C=C\C(=O)[C@](C)(O)[C@@H]1[C@H](O)C[C@]2(C)[C@@H]3CC=C4[C@H](C[C@H](O)C(=O)C4(C)C)[C@]3(C)C(=O)C[C@]12C. The number of allylic oxidation sites excluding steroid dienone is 2. The molecule has 3 fully saturated rings. The summed E-state index contributed by atoms with van der Waals surface area (Å²) in [6.45, 7) is 15.4. The van der Waals surface area contributed by atoms with E-state index >= 15 is 0 Å². The van der Waals surface area contributed by atoms with Gasteiger partial charge in [-0.15, -0.1) is 0 Å². The third-order valence-corrected chi connectivity index (χ3v) is 11.5. The summed E-state index contributed by atoms with van der Waals surface area (Å²) in [4.78, 5) is 52.1. The van der Waals surface area contributed by atoms with Crippen molar-refractivity contribution < 1.29 is 39.2 Å². The Bertz CT molecular complexity index is 1210. The van der Waals surface area contributed by atoms with Gasteiger partial charge in [-0.1, -0.05) is 32.4 Å². The van der Waals surface area contributed by atoms with Gasteiger partial charge in [0.25, 0.3) is 0 Å². The summed E-state index contributed by atoms with van der Waals surface area (Å²) in [5, 5.41) is 34.0. The lowest BCUT2D eigenvalue weighted by Gasteiger charge is -2.64. The van der Waals surface area contributed by atoms with E-state index in [9.17, 15) is 34.5 Å². The highest BCUT2D eigenvalue weighted by molar-refractivity contribution is 5.98. The zero-order valence-electron chi connectivity index (χ0n) is 25.3. The molecular formula is C32H46O8. The van der Waals surface area contributed by atoms with Gasteiger partial charge in [-0.2, -0.15) is 0 Å². The van der Waals surface area contributed by atoms with Crippen LogP contribution in [0.4, 0.5) is 0 Å². The summed E-state index contributed by atoms with van der Waals surface area (Å²) in [7, 11) is 0. The van der Waals surface area contributed by atoms with Gasteiger partial charge in [0.15, 0.2) is 11.6 Å². The largest absolute Gasteiger partial charge is 0.456 e. The number of fused-ring (bicyclic) bond motifs is 5. The van der Waals surface area contributed by atoms with Gasteiger partial charge in [0.2, 0.25) is 0 Å². The quantitative estimate of drug-likeness (QED) is 0.265. The molecule has 9 atom stereocenters. The minimum Gasteiger partial charge on any atom is -0.456 e. The Labute approximate surface area is 237 Å². The van der Waals surface area contributed by atoms with Crippen molar-refractivity contribution in [2.45, 2.75) is 111 Å². The van der Waals surface area contributed by atoms with Crippen molar-refractivity contribution in [3.63, 3.8) is 0 Å². The number of ketones is 3. The number of aliphatic hydroxyl groups excluding tert-OH is 2. The zero-order valence-corrected chi connectivity index (χ0v) is 25.3. The summed E-state index contributed by atoms with van der Waals surface area (Å²) >= 11 is 0. The molecule has 3 N–H and O–H groups in total. The van der Waals surface area contributed by atoms with Crippen LogP contribution >= 0.6 is 0 Å². The van der Waals surface area contributed by atoms with Crippen molar-refractivity contribution in [3.8, 4) is 0 Å². The van der Waals surface area contributed by atoms with E-state index in [2.05, 4.69) is 13.0 Å². The van der Waals surface area contributed by atoms with Crippen LogP contribution < -0.4 is 0 Å². The molecule has 8 heteroatoms. The topological polar surface area (TPSA) is 138 Å². The minimum absolute atomic E-state index is 0.0284. The highest BCUT2D eigenvalue weighted by Crippen LogP contribution is 2.74. The maximum Gasteiger partial charge on any atom is 0.303 e. The van der Waals surface area contributed by atoms with E-state index < -0.39 is 62.7 Å². The van der Waals surface area contributed by atoms with Crippen molar-refractivity contribution in [1.29, 1.82) is 0 Å². The van der Waals surface area contributed by atoms with Crippen molar-refractivity contribution >= 4 is 23.3 Å². The molecule has 4 aliphatic carbocycles. The fourth-order valence-electron chi connectivity index (χ4n) is 9.40. The van der Waals surface area contributed by atoms with Crippen LogP contribution in [0.15, 0.2) is 23.8 Å². The predicted octanol–water partition coefficient (Wildman–Crippen LogP) is 3.50. The van der Waals surface area contributed by atoms with Crippen molar-refractivity contribution in [2.75, 3.05) is 0 Å². The van der Waals surface area contributed by atoms with Gasteiger partial charge < -0.3 is 20.1 Å². The summed E-state index contributed by atoms with van der Waals surface area (Å²) in [5.74, 6) is -2.85. The molecule has 222 valence electrons. The number of carbonyl (C=O) groups excluding carboxylic acids is 4. The standard InChI is InChI=1S/C32H46O8/c1-17(33)40-27(2,3)13-12-23(36)32(9,39)25-21(35)15-29(6)22-11-10-18-19(14-20(34)26(38)28(18,4)5)31(22,8)24(37)16-30(25,29)7/h10,12-13,19-22,25,34-35,39H,11,14-16H2,1-9H3/b13-12-/t19-,20-,21+,22-,25+,29+,30+,31-,32-/m0/s1. The van der Waals surface area contributed by atoms with Gasteiger partial charge in [0.1, 0.15) is 23.1 Å². The molecule has 0 bridgehead atoms. The van der Waals surface area contributed by atoms with E-state index in [0.717, 1.165) is 5.57 Å². The highest BCUT2D eigenvalue weighted by Gasteiger charge is 2.74. The highest BCUT2D eigenvalue weighted by atomic mass is 16.6. The monoisotopic (exact) mass is 558 g/mol. The molecular weight excluding hydrogens is 512 g/mol. The van der Waals surface area contributed by atoms with Crippen LogP contribution in [0, 0.1) is 39.4 Å². The molecule has 0 aromatic rings. The first kappa shape index (κ1) is 30.8. The number of aliphatic hydroxyl groups is 3. The van der Waals surface area contributed by atoms with Gasteiger partial charge in [-0.3, -0.25) is 19.2 Å². The average Bonchev–Trinajstić information content (AvgIpc) is 3.01. The predicted molar refractivity (Wildman–Crippen MR) is 148 cm³/mol. The van der Waals surface area contributed by atoms with Gasteiger partial charge in [0, 0.05) is 30.1 Å². The van der Waals surface area contributed by atoms with Crippen LogP contribution in [-0.2, 0) is 23.9 Å². The maximum atomic E-state index is 14.3. The van der Waals surface area contributed by atoms with Crippen LogP contribution in [0.5, 0.6) is 0 Å². The molecule has 4 aliphatic rings. The number of rotatable bonds is 5. The van der Waals surface area contributed by atoms with Crippen LogP contribution in [0.3, 0.4) is 0 Å². The molecule has 3 saturated carbocycles. The van der Waals surface area contributed by atoms with E-state index in [4.69, 9.17) is 4.74 Å². The van der Waals surface area contributed by atoms with E-state index in [0.29, 0.717) is 12.8 Å². The van der Waals surface area contributed by atoms with Crippen LogP contribution in [0.1, 0.15) is 88.0 Å². The maximum absolute atomic E-state index is 14.3. The fraction of sp³-hybridized carbons (Fsp3) is 0.750. The molecule has 40 heavy (non-hydrogen) atoms. The smallest absolute Gasteiger partial charge is 0.303 e. The summed E-state index contributed by atoms with van der Waals surface area (Å²) < 4.78 is 5.23. The normalized spacial score (nSPS) is 42.4. The summed E-state index contributed by atoms with van der Waals surface area (Å²) in [5.41, 5.74) is -5.43. The van der Waals surface area contributed by atoms with E-state index in [1.54, 1.807) is 13.8 Å². The Morgan fingerprint density at radius 2 is 1.65 bits per heavy atom. The third-order valence-electron chi connectivity index (χ3n) is 11.5. The van der Waals surface area contributed by atoms with Gasteiger partial charge in [0.05, 0.1) is 6.10 Å². The first-order valence-electron chi connectivity index (χ1n) is 14.4.